The smallest absolute Gasteiger partial charge is 0.307 e. The zero-order valence-electron chi connectivity index (χ0n) is 18.5. The molecule has 6 nitrogen and oxygen atoms in total. The number of fused-ring (bicyclic) bond motifs is 2. The maximum atomic E-state index is 15.1. The number of amides is 1. The van der Waals surface area contributed by atoms with Crippen LogP contribution in [0.5, 0.6) is 5.75 Å². The van der Waals surface area contributed by atoms with Crippen molar-refractivity contribution in [3.8, 4) is 16.9 Å². The first-order chi connectivity index (χ1) is 15.9. The van der Waals surface area contributed by atoms with Crippen molar-refractivity contribution in [3.63, 3.8) is 0 Å². The summed E-state index contributed by atoms with van der Waals surface area (Å²) in [7, 11) is 0. The Morgan fingerprint density at radius 3 is 2.73 bits per heavy atom. The molecule has 1 aromatic heterocycles. The highest BCUT2D eigenvalue weighted by Gasteiger charge is 2.33. The van der Waals surface area contributed by atoms with Crippen LogP contribution in [0.1, 0.15) is 44.8 Å². The lowest BCUT2D eigenvalue weighted by Crippen LogP contribution is -2.28. The molecule has 0 saturated heterocycles. The first kappa shape index (κ1) is 21.2. The van der Waals surface area contributed by atoms with Gasteiger partial charge in [-0.1, -0.05) is 0 Å². The summed E-state index contributed by atoms with van der Waals surface area (Å²) in [5, 5.41) is 9.62. The number of carboxylic acid groups (broad SMARTS) is 1. The summed E-state index contributed by atoms with van der Waals surface area (Å²) in [6.45, 7) is 4.69. The Morgan fingerprint density at radius 1 is 1.18 bits per heavy atom. The van der Waals surface area contributed by atoms with E-state index >= 15 is 4.39 Å². The minimum absolute atomic E-state index is 0.185. The van der Waals surface area contributed by atoms with E-state index in [1.807, 2.05) is 19.9 Å². The fraction of sp³-hybridized carbons (Fsp3) is 0.308. The van der Waals surface area contributed by atoms with Crippen LogP contribution in [0.3, 0.4) is 0 Å². The number of carboxylic acids is 1. The fourth-order valence-electron chi connectivity index (χ4n) is 5.09. The van der Waals surface area contributed by atoms with Gasteiger partial charge in [-0.3, -0.25) is 9.59 Å². The van der Waals surface area contributed by atoms with Crippen LogP contribution in [0.15, 0.2) is 34.9 Å². The van der Waals surface area contributed by atoms with Crippen LogP contribution in [-0.2, 0) is 24.1 Å². The molecule has 0 unspecified atom stereocenters. The molecule has 2 aromatic carbocycles. The van der Waals surface area contributed by atoms with E-state index in [1.54, 1.807) is 17.0 Å². The van der Waals surface area contributed by atoms with Gasteiger partial charge in [0.15, 0.2) is 17.3 Å². The first-order valence-corrected chi connectivity index (χ1v) is 11.0. The fourth-order valence-corrected chi connectivity index (χ4v) is 5.09. The Hall–Kier alpha value is -3.61. The molecule has 0 bridgehead atoms. The average Bonchev–Trinajstić information content (AvgIpc) is 3.47. The van der Waals surface area contributed by atoms with Crippen LogP contribution in [0.2, 0.25) is 0 Å². The van der Waals surface area contributed by atoms with Crippen LogP contribution < -0.4 is 9.64 Å². The summed E-state index contributed by atoms with van der Waals surface area (Å²) in [4.78, 5) is 26.5. The summed E-state index contributed by atoms with van der Waals surface area (Å²) >= 11 is 0. The molecular formula is C26H24FNO5. The topological polar surface area (TPSA) is 80.0 Å². The summed E-state index contributed by atoms with van der Waals surface area (Å²) in [6, 6.07) is 6.60. The Kier molecular flexibility index (Phi) is 5.19. The number of aryl methyl sites for hydroxylation is 1. The predicted octanol–water partition coefficient (Wildman–Crippen LogP) is 4.86. The maximum absolute atomic E-state index is 15.1. The number of rotatable bonds is 4. The van der Waals surface area contributed by atoms with E-state index < -0.39 is 11.8 Å². The highest BCUT2D eigenvalue weighted by Crippen LogP contribution is 2.45. The Bertz CT molecular complexity index is 1280. The van der Waals surface area contributed by atoms with Gasteiger partial charge in [0, 0.05) is 17.8 Å². The number of nitrogens with zero attached hydrogens (tertiary/aromatic N) is 1. The number of carbonyl (C=O) groups is 2. The molecule has 1 amide bonds. The second-order valence-electron chi connectivity index (χ2n) is 8.59. The number of aliphatic carboxylic acids is 1. The van der Waals surface area contributed by atoms with Crippen LogP contribution in [0, 0.1) is 19.7 Å². The maximum Gasteiger partial charge on any atom is 0.307 e. The molecule has 0 spiro atoms. The van der Waals surface area contributed by atoms with Crippen LogP contribution in [-0.4, -0.2) is 30.1 Å². The molecule has 0 atom stereocenters. The van der Waals surface area contributed by atoms with Crippen molar-refractivity contribution >= 4 is 17.6 Å². The molecule has 0 radical (unpaired) electrons. The second kappa shape index (κ2) is 8.06. The second-order valence-corrected chi connectivity index (χ2v) is 8.59. The van der Waals surface area contributed by atoms with E-state index in [0.29, 0.717) is 54.1 Å². The third-order valence-electron chi connectivity index (χ3n) is 6.63. The lowest BCUT2D eigenvalue weighted by atomic mass is 9.84. The minimum Gasteiger partial charge on any atom is -0.490 e. The van der Waals surface area contributed by atoms with E-state index in [-0.39, 0.29) is 18.1 Å². The van der Waals surface area contributed by atoms with Gasteiger partial charge in [0.05, 0.1) is 19.3 Å². The number of hydrogen-bond acceptors (Lipinski definition) is 4. The zero-order valence-corrected chi connectivity index (χ0v) is 18.5. The Balaban J connectivity index is 1.74. The molecular weight excluding hydrogens is 425 g/mol. The van der Waals surface area contributed by atoms with Gasteiger partial charge in [0.2, 0.25) is 0 Å². The van der Waals surface area contributed by atoms with Gasteiger partial charge in [-0.05, 0) is 90.8 Å². The number of halogens is 1. The lowest BCUT2D eigenvalue weighted by molar-refractivity contribution is -0.136. The van der Waals surface area contributed by atoms with Gasteiger partial charge < -0.3 is 19.2 Å². The molecule has 0 aliphatic carbocycles. The lowest BCUT2D eigenvalue weighted by Gasteiger charge is -2.25. The first-order valence-electron chi connectivity index (χ1n) is 11.0. The molecule has 3 aromatic rings. The van der Waals surface area contributed by atoms with Gasteiger partial charge in [0.25, 0.3) is 5.91 Å². The van der Waals surface area contributed by atoms with Crippen molar-refractivity contribution in [1.29, 1.82) is 0 Å². The van der Waals surface area contributed by atoms with Crippen LogP contribution in [0.4, 0.5) is 10.1 Å². The number of carbonyl (C=O) groups excluding carboxylic acids is 1. The third-order valence-corrected chi connectivity index (χ3v) is 6.63. The van der Waals surface area contributed by atoms with Gasteiger partial charge in [-0.15, -0.1) is 0 Å². The third kappa shape index (κ3) is 3.48. The summed E-state index contributed by atoms with van der Waals surface area (Å²) < 4.78 is 26.0. The predicted molar refractivity (Wildman–Crippen MR) is 121 cm³/mol. The summed E-state index contributed by atoms with van der Waals surface area (Å²) in [5.74, 6) is -1.12. The van der Waals surface area contributed by atoms with Gasteiger partial charge in [-0.2, -0.15) is 0 Å². The Labute approximate surface area is 190 Å². The van der Waals surface area contributed by atoms with Crippen molar-refractivity contribution in [2.75, 3.05) is 18.1 Å². The number of furan rings is 1. The van der Waals surface area contributed by atoms with E-state index in [4.69, 9.17) is 9.15 Å². The summed E-state index contributed by atoms with van der Waals surface area (Å²) in [5.41, 5.74) is 6.07. The van der Waals surface area contributed by atoms with Gasteiger partial charge in [-0.25, -0.2) is 4.39 Å². The van der Waals surface area contributed by atoms with Crippen LogP contribution in [0.25, 0.3) is 11.1 Å². The van der Waals surface area contributed by atoms with Crippen molar-refractivity contribution in [2.24, 2.45) is 0 Å². The molecule has 2 aliphatic heterocycles. The molecule has 5 rings (SSSR count). The molecule has 3 heterocycles. The molecule has 0 saturated carbocycles. The number of ether oxygens (including phenoxy) is 1. The molecule has 1 N–H and O–H groups in total. The van der Waals surface area contributed by atoms with Crippen molar-refractivity contribution in [3.05, 3.63) is 69.9 Å². The highest BCUT2D eigenvalue weighted by atomic mass is 19.1. The monoisotopic (exact) mass is 449 g/mol. The van der Waals surface area contributed by atoms with Gasteiger partial charge in [0.1, 0.15) is 0 Å². The molecule has 33 heavy (non-hydrogen) atoms. The number of benzene rings is 2. The van der Waals surface area contributed by atoms with E-state index in [9.17, 15) is 14.7 Å². The largest absolute Gasteiger partial charge is 0.490 e. The summed E-state index contributed by atoms with van der Waals surface area (Å²) in [6.07, 6.45) is 3.32. The minimum atomic E-state index is -0.958. The molecule has 7 heteroatoms. The van der Waals surface area contributed by atoms with Crippen LogP contribution >= 0.6 is 0 Å². The molecule has 0 fully saturated rings. The quantitative estimate of drug-likeness (QED) is 0.616. The van der Waals surface area contributed by atoms with Crippen molar-refractivity contribution < 1.29 is 28.2 Å². The van der Waals surface area contributed by atoms with E-state index in [2.05, 4.69) is 0 Å². The van der Waals surface area contributed by atoms with Crippen molar-refractivity contribution in [1.82, 2.24) is 0 Å². The molecule has 170 valence electrons. The normalized spacial score (nSPS) is 14.6. The average molecular weight is 449 g/mol. The van der Waals surface area contributed by atoms with Crippen molar-refractivity contribution in [2.45, 2.75) is 39.5 Å². The van der Waals surface area contributed by atoms with E-state index in [0.717, 1.165) is 28.7 Å². The molecule has 2 aliphatic rings. The van der Waals surface area contributed by atoms with Gasteiger partial charge >= 0.3 is 5.97 Å². The number of hydrogen-bond donors (Lipinski definition) is 1. The number of anilines is 1. The standard InChI is InChI=1S/C26H24FNO5/c1-14-11-21-17(7-8-28(21)26(31)22-6-4-9-32-22)24(18(14)13-23(29)30)19-12-20(27)25-16(15(19)2)5-3-10-33-25/h4,6,9,11-12H,3,5,7-8,10,13H2,1-2H3,(H,29,30). The highest BCUT2D eigenvalue weighted by molar-refractivity contribution is 6.06. The SMILES string of the molecule is Cc1cc2c(c(-c3cc(F)c4c(c3C)CCCO4)c1CC(=O)O)CCN2C(=O)c1ccco1. The Morgan fingerprint density at radius 2 is 2.00 bits per heavy atom. The van der Waals surface area contributed by atoms with E-state index in [1.165, 1.54) is 12.3 Å². The zero-order chi connectivity index (χ0) is 23.3.